The molecule has 0 saturated heterocycles. The molecule has 6 heteroatoms. The van der Waals surface area contributed by atoms with Crippen molar-refractivity contribution in [1.82, 2.24) is 15.3 Å². The van der Waals surface area contributed by atoms with Crippen LogP contribution < -0.4 is 10.1 Å². The maximum atomic E-state index is 5.90. The van der Waals surface area contributed by atoms with Gasteiger partial charge >= 0.3 is 6.01 Å². The van der Waals surface area contributed by atoms with Gasteiger partial charge in [0.05, 0.1) is 0 Å². The molecule has 2 aromatic rings. The van der Waals surface area contributed by atoms with Gasteiger partial charge in [-0.2, -0.15) is 0 Å². The molecule has 2 rings (SSSR count). The smallest absolute Gasteiger partial charge is 0.321 e. The van der Waals surface area contributed by atoms with Crippen LogP contribution in [0.2, 0.25) is 10.0 Å². The van der Waals surface area contributed by atoms with E-state index in [1.807, 2.05) is 0 Å². The molecule has 1 aromatic carbocycles. The Bertz CT molecular complexity index is 541. The van der Waals surface area contributed by atoms with E-state index in [4.69, 9.17) is 27.9 Å². The third-order valence-electron chi connectivity index (χ3n) is 2.48. The van der Waals surface area contributed by atoms with E-state index in [1.165, 1.54) is 0 Å². The Hall–Kier alpha value is -1.36. The zero-order chi connectivity index (χ0) is 14.4. The molecule has 0 amide bonds. The first-order valence-electron chi connectivity index (χ1n) is 6.33. The first-order chi connectivity index (χ1) is 9.67. The van der Waals surface area contributed by atoms with Gasteiger partial charge in [0.25, 0.3) is 0 Å². The summed E-state index contributed by atoms with van der Waals surface area (Å²) in [4.78, 5) is 8.31. The lowest BCUT2D eigenvalue weighted by Crippen LogP contribution is -2.14. The van der Waals surface area contributed by atoms with E-state index in [-0.39, 0.29) is 6.01 Å². The molecule has 0 aliphatic heterocycles. The van der Waals surface area contributed by atoms with Gasteiger partial charge < -0.3 is 10.1 Å². The van der Waals surface area contributed by atoms with Gasteiger partial charge in [-0.1, -0.05) is 30.1 Å². The highest BCUT2D eigenvalue weighted by molar-refractivity contribution is 6.34. The lowest BCUT2D eigenvalue weighted by atomic mass is 10.3. The van der Waals surface area contributed by atoms with E-state index in [2.05, 4.69) is 22.2 Å². The van der Waals surface area contributed by atoms with E-state index in [9.17, 15) is 0 Å². The molecule has 0 aliphatic rings. The van der Waals surface area contributed by atoms with E-state index in [0.29, 0.717) is 15.8 Å². The molecule has 0 radical (unpaired) electrons. The second-order valence-electron chi connectivity index (χ2n) is 4.26. The Morgan fingerprint density at radius 3 is 2.35 bits per heavy atom. The summed E-state index contributed by atoms with van der Waals surface area (Å²) in [5.41, 5.74) is 1.01. The van der Waals surface area contributed by atoms with E-state index < -0.39 is 0 Å². The number of aromatic nitrogens is 2. The third kappa shape index (κ3) is 4.63. The van der Waals surface area contributed by atoms with Crippen molar-refractivity contribution in [3.63, 3.8) is 0 Å². The second-order valence-corrected chi connectivity index (χ2v) is 5.13. The van der Waals surface area contributed by atoms with E-state index in [0.717, 1.165) is 25.1 Å². The SMILES string of the molecule is CCCNCc1cnc(Oc2cc(Cl)cc(Cl)c2)nc1. The summed E-state index contributed by atoms with van der Waals surface area (Å²) in [5, 5.41) is 4.29. The summed E-state index contributed by atoms with van der Waals surface area (Å²) in [6.07, 6.45) is 4.56. The summed E-state index contributed by atoms with van der Waals surface area (Å²) >= 11 is 11.8. The number of nitrogens with zero attached hydrogens (tertiary/aromatic N) is 2. The standard InChI is InChI=1S/C14H15Cl2N3O/c1-2-3-17-7-10-8-18-14(19-9-10)20-13-5-11(15)4-12(16)6-13/h4-6,8-9,17H,2-3,7H2,1H3. The zero-order valence-corrected chi connectivity index (χ0v) is 12.6. The van der Waals surface area contributed by atoms with Crippen LogP contribution in [0.15, 0.2) is 30.6 Å². The van der Waals surface area contributed by atoms with Gasteiger partial charge in [0.15, 0.2) is 0 Å². The van der Waals surface area contributed by atoms with Crippen LogP contribution in [-0.4, -0.2) is 16.5 Å². The molecule has 0 aliphatic carbocycles. The minimum absolute atomic E-state index is 0.266. The molecule has 0 atom stereocenters. The van der Waals surface area contributed by atoms with Crippen molar-refractivity contribution >= 4 is 23.2 Å². The van der Waals surface area contributed by atoms with Gasteiger partial charge in [0, 0.05) is 34.5 Å². The molecule has 4 nitrogen and oxygen atoms in total. The van der Waals surface area contributed by atoms with Crippen molar-refractivity contribution in [1.29, 1.82) is 0 Å². The summed E-state index contributed by atoms with van der Waals surface area (Å²) < 4.78 is 5.51. The summed E-state index contributed by atoms with van der Waals surface area (Å²) in [7, 11) is 0. The first kappa shape index (κ1) is 15.0. The van der Waals surface area contributed by atoms with Crippen LogP contribution in [0.3, 0.4) is 0 Å². The molecule has 106 valence electrons. The Morgan fingerprint density at radius 1 is 1.10 bits per heavy atom. The molecule has 1 aromatic heterocycles. The minimum atomic E-state index is 0.266. The fourth-order valence-electron chi connectivity index (χ4n) is 1.59. The topological polar surface area (TPSA) is 47.0 Å². The largest absolute Gasteiger partial charge is 0.424 e. The average molecular weight is 312 g/mol. The molecule has 1 heterocycles. The highest BCUT2D eigenvalue weighted by Gasteiger charge is 2.03. The van der Waals surface area contributed by atoms with Crippen molar-refractivity contribution in [2.75, 3.05) is 6.54 Å². The van der Waals surface area contributed by atoms with Crippen molar-refractivity contribution in [2.24, 2.45) is 0 Å². The fraction of sp³-hybridized carbons (Fsp3) is 0.286. The molecular weight excluding hydrogens is 297 g/mol. The van der Waals surface area contributed by atoms with Crippen molar-refractivity contribution < 1.29 is 4.74 Å². The first-order valence-corrected chi connectivity index (χ1v) is 7.08. The Labute approximate surface area is 128 Å². The molecule has 0 bridgehead atoms. The van der Waals surface area contributed by atoms with Crippen LogP contribution in [0.5, 0.6) is 11.8 Å². The number of hydrogen-bond acceptors (Lipinski definition) is 4. The van der Waals surface area contributed by atoms with Crippen molar-refractivity contribution in [3.05, 3.63) is 46.2 Å². The van der Waals surface area contributed by atoms with E-state index in [1.54, 1.807) is 30.6 Å². The van der Waals surface area contributed by atoms with Crippen LogP contribution in [0.4, 0.5) is 0 Å². The number of halogens is 2. The molecule has 0 unspecified atom stereocenters. The van der Waals surface area contributed by atoms with Gasteiger partial charge in [0.2, 0.25) is 0 Å². The van der Waals surface area contributed by atoms with E-state index >= 15 is 0 Å². The maximum Gasteiger partial charge on any atom is 0.321 e. The molecular formula is C14H15Cl2N3O. The Morgan fingerprint density at radius 2 is 1.75 bits per heavy atom. The summed E-state index contributed by atoms with van der Waals surface area (Å²) in [6, 6.07) is 5.22. The van der Waals surface area contributed by atoms with Gasteiger partial charge in [0.1, 0.15) is 5.75 Å². The number of hydrogen-bond donors (Lipinski definition) is 1. The van der Waals surface area contributed by atoms with Crippen LogP contribution in [0.1, 0.15) is 18.9 Å². The number of nitrogens with one attached hydrogen (secondary N) is 1. The number of benzene rings is 1. The fourth-order valence-corrected chi connectivity index (χ4v) is 2.10. The second kappa shape index (κ2) is 7.43. The zero-order valence-electron chi connectivity index (χ0n) is 11.1. The lowest BCUT2D eigenvalue weighted by Gasteiger charge is -2.06. The lowest BCUT2D eigenvalue weighted by molar-refractivity contribution is 0.440. The molecule has 0 saturated carbocycles. The van der Waals surface area contributed by atoms with Gasteiger partial charge in [-0.25, -0.2) is 9.97 Å². The van der Waals surface area contributed by atoms with Crippen LogP contribution in [0.25, 0.3) is 0 Å². The van der Waals surface area contributed by atoms with Crippen molar-refractivity contribution in [3.8, 4) is 11.8 Å². The highest BCUT2D eigenvalue weighted by Crippen LogP contribution is 2.26. The summed E-state index contributed by atoms with van der Waals surface area (Å²) in [6.45, 7) is 3.84. The van der Waals surface area contributed by atoms with Crippen LogP contribution in [0, 0.1) is 0 Å². The Balaban J connectivity index is 1.99. The van der Waals surface area contributed by atoms with Gasteiger partial charge in [-0.15, -0.1) is 0 Å². The predicted octanol–water partition coefficient (Wildman–Crippen LogP) is 4.08. The molecule has 0 fully saturated rings. The molecule has 1 N–H and O–H groups in total. The number of rotatable bonds is 6. The third-order valence-corrected chi connectivity index (χ3v) is 2.92. The average Bonchev–Trinajstić information content (AvgIpc) is 2.40. The predicted molar refractivity (Wildman–Crippen MR) is 80.6 cm³/mol. The highest BCUT2D eigenvalue weighted by atomic mass is 35.5. The van der Waals surface area contributed by atoms with Gasteiger partial charge in [-0.3, -0.25) is 0 Å². The Kier molecular flexibility index (Phi) is 5.59. The quantitative estimate of drug-likeness (QED) is 0.817. The summed E-state index contributed by atoms with van der Waals surface area (Å²) in [5.74, 6) is 0.513. The molecule has 0 spiro atoms. The normalized spacial score (nSPS) is 10.6. The monoisotopic (exact) mass is 311 g/mol. The number of ether oxygens (including phenoxy) is 1. The van der Waals surface area contributed by atoms with Gasteiger partial charge in [-0.05, 0) is 31.2 Å². The maximum absolute atomic E-state index is 5.90. The van der Waals surface area contributed by atoms with Crippen LogP contribution in [-0.2, 0) is 6.54 Å². The minimum Gasteiger partial charge on any atom is -0.424 e. The van der Waals surface area contributed by atoms with Crippen molar-refractivity contribution in [2.45, 2.75) is 19.9 Å². The van der Waals surface area contributed by atoms with Crippen LogP contribution >= 0.6 is 23.2 Å². The molecule has 20 heavy (non-hydrogen) atoms.